The number of aromatic nitrogens is 2. The minimum absolute atomic E-state index is 0.266. The van der Waals surface area contributed by atoms with Crippen molar-refractivity contribution in [2.45, 2.75) is 32.6 Å². The van der Waals surface area contributed by atoms with Crippen molar-refractivity contribution in [2.24, 2.45) is 5.10 Å². The number of hydrogen-bond acceptors (Lipinski definition) is 3. The van der Waals surface area contributed by atoms with Crippen molar-refractivity contribution in [3.8, 4) is 11.3 Å². The third-order valence-corrected chi connectivity index (χ3v) is 4.99. The van der Waals surface area contributed by atoms with E-state index < -0.39 is 0 Å². The molecule has 0 saturated carbocycles. The van der Waals surface area contributed by atoms with Crippen LogP contribution < -0.4 is 5.43 Å². The zero-order chi connectivity index (χ0) is 18.8. The highest BCUT2D eigenvalue weighted by Gasteiger charge is 2.24. The van der Waals surface area contributed by atoms with Gasteiger partial charge in [-0.1, -0.05) is 62.4 Å². The van der Waals surface area contributed by atoms with Gasteiger partial charge in [-0.15, -0.1) is 0 Å². The van der Waals surface area contributed by atoms with E-state index in [4.69, 9.17) is 0 Å². The van der Waals surface area contributed by atoms with Crippen LogP contribution in [0.1, 0.15) is 52.5 Å². The summed E-state index contributed by atoms with van der Waals surface area (Å²) in [5, 5.41) is 11.4. The summed E-state index contributed by atoms with van der Waals surface area (Å²) in [6, 6.07) is 16.4. The van der Waals surface area contributed by atoms with Gasteiger partial charge in [0.05, 0.1) is 11.9 Å². The SMILES string of the molecule is CC(C)c1ccc(C=NNC(=O)c2[nH]nc3c2CCc2ccccc2-3)cc1. The number of benzene rings is 2. The Morgan fingerprint density at radius 3 is 2.70 bits per heavy atom. The number of rotatable bonds is 4. The Bertz CT molecular complexity index is 999. The van der Waals surface area contributed by atoms with Gasteiger partial charge in [0.25, 0.3) is 5.91 Å². The van der Waals surface area contributed by atoms with Crippen LogP contribution >= 0.6 is 0 Å². The molecule has 1 aliphatic rings. The summed E-state index contributed by atoms with van der Waals surface area (Å²) >= 11 is 0. The number of carbonyl (C=O) groups is 1. The lowest BCUT2D eigenvalue weighted by Crippen LogP contribution is -2.20. The average Bonchev–Trinajstić information content (AvgIpc) is 3.13. The topological polar surface area (TPSA) is 70.1 Å². The Morgan fingerprint density at radius 2 is 1.93 bits per heavy atom. The number of carbonyl (C=O) groups excluding carboxylic acids is 1. The molecule has 27 heavy (non-hydrogen) atoms. The summed E-state index contributed by atoms with van der Waals surface area (Å²) in [4.78, 5) is 12.5. The number of aromatic amines is 1. The zero-order valence-corrected chi connectivity index (χ0v) is 15.5. The number of aryl methyl sites for hydroxylation is 1. The molecular weight excluding hydrogens is 336 g/mol. The minimum Gasteiger partial charge on any atom is -0.272 e. The number of nitrogens with one attached hydrogen (secondary N) is 2. The van der Waals surface area contributed by atoms with E-state index in [1.54, 1.807) is 6.21 Å². The third-order valence-electron chi connectivity index (χ3n) is 4.99. The van der Waals surface area contributed by atoms with Crippen molar-refractivity contribution >= 4 is 12.1 Å². The van der Waals surface area contributed by atoms with Gasteiger partial charge >= 0.3 is 0 Å². The number of amides is 1. The van der Waals surface area contributed by atoms with E-state index in [-0.39, 0.29) is 5.91 Å². The maximum absolute atomic E-state index is 12.5. The zero-order valence-electron chi connectivity index (χ0n) is 15.5. The molecule has 0 radical (unpaired) electrons. The Kier molecular flexibility index (Phi) is 4.59. The van der Waals surface area contributed by atoms with E-state index in [0.717, 1.165) is 35.2 Å². The molecule has 4 rings (SSSR count). The van der Waals surface area contributed by atoms with E-state index in [1.807, 2.05) is 24.3 Å². The van der Waals surface area contributed by atoms with Crippen molar-refractivity contribution in [3.63, 3.8) is 0 Å². The molecule has 1 heterocycles. The molecule has 0 fully saturated rings. The van der Waals surface area contributed by atoms with Gasteiger partial charge in [0, 0.05) is 11.1 Å². The van der Waals surface area contributed by atoms with Gasteiger partial charge in [-0.3, -0.25) is 9.89 Å². The van der Waals surface area contributed by atoms with Crippen molar-refractivity contribution in [1.82, 2.24) is 15.6 Å². The molecule has 5 nitrogen and oxygen atoms in total. The average molecular weight is 358 g/mol. The van der Waals surface area contributed by atoms with Crippen LogP contribution in [-0.2, 0) is 12.8 Å². The number of hydrazone groups is 1. The van der Waals surface area contributed by atoms with Crippen LogP contribution in [0.2, 0.25) is 0 Å². The van der Waals surface area contributed by atoms with Gasteiger partial charge in [0.15, 0.2) is 0 Å². The number of hydrogen-bond donors (Lipinski definition) is 2. The van der Waals surface area contributed by atoms with Crippen LogP contribution in [0.5, 0.6) is 0 Å². The molecule has 3 aromatic rings. The first-order valence-corrected chi connectivity index (χ1v) is 9.22. The molecule has 0 atom stereocenters. The van der Waals surface area contributed by atoms with Crippen molar-refractivity contribution in [3.05, 3.63) is 76.5 Å². The molecule has 136 valence electrons. The minimum atomic E-state index is -0.266. The molecule has 0 saturated heterocycles. The number of H-pyrrole nitrogens is 1. The van der Waals surface area contributed by atoms with Gasteiger partial charge in [-0.2, -0.15) is 10.2 Å². The van der Waals surface area contributed by atoms with Gasteiger partial charge in [0.1, 0.15) is 5.69 Å². The smallest absolute Gasteiger partial charge is 0.272 e. The second-order valence-electron chi connectivity index (χ2n) is 7.10. The molecule has 2 N–H and O–H groups in total. The number of nitrogens with zero attached hydrogens (tertiary/aromatic N) is 2. The lowest BCUT2D eigenvalue weighted by Gasteiger charge is -2.15. The molecule has 0 aliphatic heterocycles. The summed E-state index contributed by atoms with van der Waals surface area (Å²) in [5.41, 5.74) is 9.52. The first kappa shape index (κ1) is 17.2. The molecule has 0 bridgehead atoms. The standard InChI is InChI=1S/C22H22N4O/c1-14(2)16-9-7-15(8-10-16)13-23-26-22(27)21-19-12-11-17-5-3-4-6-18(17)20(19)24-25-21/h3-10,13-14H,11-12H2,1-2H3,(H,24,25)(H,26,27). The largest absolute Gasteiger partial charge is 0.289 e. The molecule has 1 aromatic heterocycles. The van der Waals surface area contributed by atoms with Gasteiger partial charge in [-0.25, -0.2) is 5.43 Å². The molecule has 1 amide bonds. The van der Waals surface area contributed by atoms with E-state index in [1.165, 1.54) is 11.1 Å². The monoisotopic (exact) mass is 358 g/mol. The second kappa shape index (κ2) is 7.19. The van der Waals surface area contributed by atoms with Crippen molar-refractivity contribution in [2.75, 3.05) is 0 Å². The summed E-state index contributed by atoms with van der Waals surface area (Å²) < 4.78 is 0. The second-order valence-corrected chi connectivity index (χ2v) is 7.10. The van der Waals surface area contributed by atoms with Crippen molar-refractivity contribution < 1.29 is 4.79 Å². The van der Waals surface area contributed by atoms with Crippen LogP contribution in [0.25, 0.3) is 11.3 Å². The summed E-state index contributed by atoms with van der Waals surface area (Å²) in [7, 11) is 0. The van der Waals surface area contributed by atoms with E-state index in [0.29, 0.717) is 11.6 Å². The Hall–Kier alpha value is -3.21. The normalized spacial score (nSPS) is 12.9. The fourth-order valence-corrected chi connectivity index (χ4v) is 3.44. The first-order chi connectivity index (χ1) is 13.1. The molecule has 0 unspecified atom stereocenters. The van der Waals surface area contributed by atoms with Gasteiger partial charge in [0.2, 0.25) is 0 Å². The molecule has 0 spiro atoms. The quantitative estimate of drug-likeness (QED) is 0.545. The maximum Gasteiger partial charge on any atom is 0.289 e. The van der Waals surface area contributed by atoms with E-state index in [2.05, 4.69) is 58.8 Å². The predicted molar refractivity (Wildman–Crippen MR) is 107 cm³/mol. The van der Waals surface area contributed by atoms with Gasteiger partial charge in [-0.05, 0) is 35.4 Å². The third kappa shape index (κ3) is 3.40. The summed E-state index contributed by atoms with van der Waals surface area (Å²) in [6.45, 7) is 4.32. The summed E-state index contributed by atoms with van der Waals surface area (Å²) in [6.07, 6.45) is 3.36. The van der Waals surface area contributed by atoms with Crippen molar-refractivity contribution in [1.29, 1.82) is 0 Å². The molecule has 2 aromatic carbocycles. The van der Waals surface area contributed by atoms with Crippen LogP contribution in [0.15, 0.2) is 53.6 Å². The highest BCUT2D eigenvalue weighted by molar-refractivity contribution is 5.96. The van der Waals surface area contributed by atoms with Gasteiger partial charge < -0.3 is 0 Å². The molecule has 5 heteroatoms. The fraction of sp³-hybridized carbons (Fsp3) is 0.227. The van der Waals surface area contributed by atoms with Crippen LogP contribution in [0, 0.1) is 0 Å². The fourth-order valence-electron chi connectivity index (χ4n) is 3.44. The highest BCUT2D eigenvalue weighted by atomic mass is 16.2. The highest BCUT2D eigenvalue weighted by Crippen LogP contribution is 2.33. The Morgan fingerprint density at radius 1 is 1.15 bits per heavy atom. The van der Waals surface area contributed by atoms with Crippen LogP contribution in [0.4, 0.5) is 0 Å². The van der Waals surface area contributed by atoms with E-state index in [9.17, 15) is 4.79 Å². The number of fused-ring (bicyclic) bond motifs is 3. The van der Waals surface area contributed by atoms with E-state index >= 15 is 0 Å². The Labute approximate surface area is 158 Å². The Balaban J connectivity index is 1.48. The molecule has 1 aliphatic carbocycles. The summed E-state index contributed by atoms with van der Waals surface area (Å²) in [5.74, 6) is 0.227. The lowest BCUT2D eigenvalue weighted by molar-refractivity contribution is 0.0949. The lowest BCUT2D eigenvalue weighted by atomic mass is 9.89. The maximum atomic E-state index is 12.5. The first-order valence-electron chi connectivity index (χ1n) is 9.22. The molecular formula is C22H22N4O. The predicted octanol–water partition coefficient (Wildman–Crippen LogP) is 4.06. The van der Waals surface area contributed by atoms with Crippen LogP contribution in [-0.4, -0.2) is 22.3 Å². The van der Waals surface area contributed by atoms with Crippen LogP contribution in [0.3, 0.4) is 0 Å².